The van der Waals surface area contributed by atoms with Crippen LogP contribution in [0.5, 0.6) is 5.75 Å². The lowest BCUT2D eigenvalue weighted by molar-refractivity contribution is -0.137. The molecule has 5 aliphatic rings. The number of rotatable bonds is 18. The van der Waals surface area contributed by atoms with Gasteiger partial charge in [-0.3, -0.25) is 29.4 Å². The van der Waals surface area contributed by atoms with E-state index in [1.807, 2.05) is 48.8 Å². The van der Waals surface area contributed by atoms with E-state index in [4.69, 9.17) is 10.5 Å². The van der Waals surface area contributed by atoms with Crippen LogP contribution >= 0.6 is 11.8 Å². The van der Waals surface area contributed by atoms with Gasteiger partial charge >= 0.3 is 0 Å². The number of unbranched alkanes of at least 4 members (excludes halogenated alkanes) is 4. The van der Waals surface area contributed by atoms with Crippen molar-refractivity contribution in [3.8, 4) is 5.75 Å². The third-order valence-electron chi connectivity index (χ3n) is 14.1. The van der Waals surface area contributed by atoms with Crippen molar-refractivity contribution in [1.82, 2.24) is 30.0 Å². The van der Waals surface area contributed by atoms with Gasteiger partial charge in [-0.25, -0.2) is 9.97 Å². The molecule has 4 saturated heterocycles. The molecule has 1 spiro atoms. The lowest BCUT2D eigenvalue weighted by atomic mass is 9.79. The smallest absolute Gasteiger partial charge is 0.255 e. The van der Waals surface area contributed by atoms with E-state index in [9.17, 15) is 19.2 Å². The van der Waals surface area contributed by atoms with Crippen molar-refractivity contribution in [2.75, 3.05) is 56.0 Å². The highest BCUT2D eigenvalue weighted by Crippen LogP contribution is 2.40. The molecule has 0 bridgehead atoms. The van der Waals surface area contributed by atoms with Gasteiger partial charge in [-0.05, 0) is 100.0 Å². The molecule has 1 unspecified atom stereocenters. The number of piperidine rings is 2. The molecule has 15 heteroatoms. The molecule has 4 N–H and O–H groups in total. The zero-order valence-corrected chi connectivity index (χ0v) is 39.0. The van der Waals surface area contributed by atoms with Gasteiger partial charge in [0.25, 0.3) is 5.91 Å². The first kappa shape index (κ1) is 45.8. The number of imide groups is 1. The van der Waals surface area contributed by atoms with Crippen molar-refractivity contribution in [3.05, 3.63) is 101 Å². The van der Waals surface area contributed by atoms with Crippen molar-refractivity contribution >= 4 is 46.9 Å². The number of carbonyl (C=O) groups excluding carboxylic acids is 4. The Morgan fingerprint density at radius 3 is 2.42 bits per heavy atom. The number of hydrogen-bond acceptors (Lipinski definition) is 12. The van der Waals surface area contributed by atoms with Gasteiger partial charge in [0.1, 0.15) is 29.2 Å². The number of benzene rings is 3. The lowest BCUT2D eigenvalue weighted by Gasteiger charge is -2.48. The summed E-state index contributed by atoms with van der Waals surface area (Å²) in [7, 11) is 0. The molecule has 14 nitrogen and oxygen atoms in total. The van der Waals surface area contributed by atoms with Crippen molar-refractivity contribution < 1.29 is 23.9 Å². The van der Waals surface area contributed by atoms with Gasteiger partial charge in [-0.2, -0.15) is 0 Å². The van der Waals surface area contributed by atoms with Crippen LogP contribution in [-0.4, -0.2) is 106 Å². The SMILES string of the molecule is CC1(N)CCN(c2cnc(Sc3cccc(NC(=O)CCCCCCCN4CC5(CCN(Cc6ccc(COc7cccc8c7CN(C7CCC(=O)NC7=O)C8=O)cc6)C5)C4)c3)cn2)CC1. The van der Waals surface area contributed by atoms with Gasteiger partial charge in [0, 0.05) is 84.8 Å². The summed E-state index contributed by atoms with van der Waals surface area (Å²) in [6.45, 7) is 11.3. The highest BCUT2D eigenvalue weighted by molar-refractivity contribution is 7.99. The molecule has 9 rings (SSSR count). The molecule has 0 aliphatic carbocycles. The number of ether oxygens (including phenoxy) is 1. The summed E-state index contributed by atoms with van der Waals surface area (Å²) in [5.74, 6) is 0.683. The van der Waals surface area contributed by atoms with Crippen molar-refractivity contribution in [1.29, 1.82) is 0 Å². The number of hydrogen-bond donors (Lipinski definition) is 3. The molecule has 4 amide bonds. The van der Waals surface area contributed by atoms with E-state index >= 15 is 0 Å². The Morgan fingerprint density at radius 2 is 1.64 bits per heavy atom. The predicted octanol–water partition coefficient (Wildman–Crippen LogP) is 6.77. The first-order valence-electron chi connectivity index (χ1n) is 23.8. The third kappa shape index (κ3) is 11.2. The fourth-order valence-electron chi connectivity index (χ4n) is 10.2. The summed E-state index contributed by atoms with van der Waals surface area (Å²) in [6, 6.07) is 21.4. The highest BCUT2D eigenvalue weighted by Gasteiger charge is 2.47. The lowest BCUT2D eigenvalue weighted by Crippen LogP contribution is -2.57. The molecule has 0 saturated carbocycles. The summed E-state index contributed by atoms with van der Waals surface area (Å²) in [5, 5.41) is 6.27. The zero-order chi connectivity index (χ0) is 45.7. The fourth-order valence-corrected chi connectivity index (χ4v) is 11.0. The molecule has 1 aromatic heterocycles. The molecular weight excluding hydrogens is 851 g/mol. The number of nitrogens with zero attached hydrogens (tertiary/aromatic N) is 6. The molecule has 1 atom stereocenters. The van der Waals surface area contributed by atoms with Crippen LogP contribution in [0.15, 0.2) is 89.0 Å². The highest BCUT2D eigenvalue weighted by atomic mass is 32.2. The first-order valence-corrected chi connectivity index (χ1v) is 24.6. The number of anilines is 2. The zero-order valence-electron chi connectivity index (χ0n) is 38.1. The largest absolute Gasteiger partial charge is 0.489 e. The molecule has 4 aromatic rings. The minimum absolute atomic E-state index is 0.0605. The van der Waals surface area contributed by atoms with Gasteiger partial charge in [-0.15, -0.1) is 0 Å². The second kappa shape index (κ2) is 20.3. The summed E-state index contributed by atoms with van der Waals surface area (Å²) in [6.07, 6.45) is 13.4. The number of amides is 4. The minimum Gasteiger partial charge on any atom is -0.489 e. The Bertz CT molecular complexity index is 2380. The van der Waals surface area contributed by atoms with Crippen LogP contribution in [0.2, 0.25) is 0 Å². The van der Waals surface area contributed by atoms with Crippen LogP contribution in [0.25, 0.3) is 0 Å². The maximum atomic E-state index is 13.2. The maximum absolute atomic E-state index is 13.2. The number of fused-ring (bicyclic) bond motifs is 1. The normalized spacial score (nSPS) is 20.3. The van der Waals surface area contributed by atoms with E-state index in [2.05, 4.69) is 66.5 Å². The molecule has 66 heavy (non-hydrogen) atoms. The average Bonchev–Trinajstić information content (AvgIpc) is 3.87. The van der Waals surface area contributed by atoms with Gasteiger partial charge in [0.2, 0.25) is 17.7 Å². The summed E-state index contributed by atoms with van der Waals surface area (Å²) < 4.78 is 6.24. The monoisotopic (exact) mass is 913 g/mol. The summed E-state index contributed by atoms with van der Waals surface area (Å²) in [4.78, 5) is 69.4. The maximum Gasteiger partial charge on any atom is 0.255 e. The second-order valence-electron chi connectivity index (χ2n) is 19.5. The van der Waals surface area contributed by atoms with E-state index in [0.717, 1.165) is 104 Å². The number of nitrogens with two attached hydrogens (primary N) is 1. The Balaban J connectivity index is 0.620. The fraction of sp³-hybridized carbons (Fsp3) is 0.490. The predicted molar refractivity (Wildman–Crippen MR) is 255 cm³/mol. The van der Waals surface area contributed by atoms with Crippen LogP contribution in [0.1, 0.15) is 105 Å². The van der Waals surface area contributed by atoms with Gasteiger partial charge in [-0.1, -0.05) is 67.4 Å². The number of aromatic nitrogens is 2. The standard InChI is InChI=1S/C51H63N9O5S/c1-50(52)20-25-59(26-21-50)44-28-54-47(29-53-44)66-39-10-7-9-38(27-39)55-45(61)13-5-3-2-4-6-23-58-34-51(35-58)22-24-57(33-51)30-36-14-16-37(17-15-36)32-65-43-12-8-11-40-41(43)31-60(49(40)64)42-18-19-46(62)56-48(42)63/h7-12,14-17,27-29,42H,2-6,13,18-26,30-35,52H2,1H3,(H,55,61)(H,56,62,63). The quantitative estimate of drug-likeness (QED) is 0.0710. The molecule has 5 aliphatic heterocycles. The minimum atomic E-state index is -0.650. The van der Waals surface area contributed by atoms with Gasteiger partial charge in [0.15, 0.2) is 0 Å². The summed E-state index contributed by atoms with van der Waals surface area (Å²) in [5.41, 5.74) is 11.1. The van der Waals surface area contributed by atoms with Crippen LogP contribution < -0.4 is 26.0 Å². The molecule has 6 heterocycles. The molecule has 0 radical (unpaired) electrons. The van der Waals surface area contributed by atoms with E-state index in [1.165, 1.54) is 37.9 Å². The average molecular weight is 914 g/mol. The van der Waals surface area contributed by atoms with Crippen LogP contribution in [0.3, 0.4) is 0 Å². The molecular formula is C51H63N9O5S. The van der Waals surface area contributed by atoms with Crippen molar-refractivity contribution in [3.63, 3.8) is 0 Å². The van der Waals surface area contributed by atoms with Crippen molar-refractivity contribution in [2.24, 2.45) is 11.1 Å². The van der Waals surface area contributed by atoms with Crippen molar-refractivity contribution in [2.45, 2.75) is 119 Å². The van der Waals surface area contributed by atoms with Gasteiger partial charge < -0.3 is 30.5 Å². The Morgan fingerprint density at radius 1 is 0.879 bits per heavy atom. The first-order chi connectivity index (χ1) is 32.0. The van der Waals surface area contributed by atoms with E-state index in [-0.39, 0.29) is 36.2 Å². The number of nitrogens with one attached hydrogen (secondary N) is 2. The van der Waals surface area contributed by atoms with E-state index in [0.29, 0.717) is 36.2 Å². The Hall–Kier alpha value is -5.35. The Labute approximate surface area is 392 Å². The van der Waals surface area contributed by atoms with E-state index in [1.54, 1.807) is 22.7 Å². The van der Waals surface area contributed by atoms with E-state index < -0.39 is 11.9 Å². The molecule has 348 valence electrons. The Kier molecular flexibility index (Phi) is 14.1. The van der Waals surface area contributed by atoms with Crippen LogP contribution in [-0.2, 0) is 34.1 Å². The van der Waals surface area contributed by atoms with Gasteiger partial charge in [0.05, 0.1) is 18.9 Å². The number of carbonyl (C=O) groups is 4. The van der Waals surface area contributed by atoms with Crippen LogP contribution in [0.4, 0.5) is 11.5 Å². The van der Waals surface area contributed by atoms with Crippen LogP contribution in [0, 0.1) is 5.41 Å². The number of likely N-dealkylation sites (tertiary alicyclic amines) is 2. The second-order valence-corrected chi connectivity index (χ2v) is 20.6. The topological polar surface area (TPSA) is 166 Å². The molecule has 4 fully saturated rings. The molecule has 3 aromatic carbocycles. The third-order valence-corrected chi connectivity index (χ3v) is 15.0. The summed E-state index contributed by atoms with van der Waals surface area (Å²) >= 11 is 1.54.